The van der Waals surface area contributed by atoms with Gasteiger partial charge in [-0.1, -0.05) is 35.9 Å². The SMILES string of the molecule is Cc1ccc([C@H](NCC(=O)NNC(=O)c2ccco2)c2cccs2)cc1. The lowest BCUT2D eigenvalue weighted by atomic mass is 10.0. The van der Waals surface area contributed by atoms with Crippen LogP contribution in [0.25, 0.3) is 0 Å². The van der Waals surface area contributed by atoms with Crippen LogP contribution in [0, 0.1) is 6.92 Å². The molecule has 3 N–H and O–H groups in total. The molecule has 0 aliphatic carbocycles. The minimum absolute atomic E-state index is 0.0505. The maximum absolute atomic E-state index is 12.1. The van der Waals surface area contributed by atoms with Crippen molar-refractivity contribution in [3.63, 3.8) is 0 Å². The van der Waals surface area contributed by atoms with Gasteiger partial charge in [0, 0.05) is 4.88 Å². The molecule has 0 bridgehead atoms. The zero-order valence-electron chi connectivity index (χ0n) is 14.2. The van der Waals surface area contributed by atoms with Gasteiger partial charge in [0.15, 0.2) is 5.76 Å². The first-order chi connectivity index (χ1) is 12.6. The summed E-state index contributed by atoms with van der Waals surface area (Å²) in [6.45, 7) is 2.08. The second kappa shape index (κ2) is 8.46. The number of carbonyl (C=O) groups is 2. The summed E-state index contributed by atoms with van der Waals surface area (Å²) < 4.78 is 4.96. The summed E-state index contributed by atoms with van der Waals surface area (Å²) in [7, 11) is 0. The first-order valence-corrected chi connectivity index (χ1v) is 8.97. The summed E-state index contributed by atoms with van der Waals surface area (Å²) in [6, 6.07) is 15.2. The van der Waals surface area contributed by atoms with Gasteiger partial charge in [0.25, 0.3) is 5.91 Å². The summed E-state index contributed by atoms with van der Waals surface area (Å²) in [5, 5.41) is 5.24. The van der Waals surface area contributed by atoms with Gasteiger partial charge < -0.3 is 4.42 Å². The molecule has 3 aromatic rings. The average molecular weight is 369 g/mol. The molecule has 0 spiro atoms. The Hall–Kier alpha value is -2.90. The Bertz CT molecular complexity index is 843. The molecule has 0 aliphatic heterocycles. The topological polar surface area (TPSA) is 83.4 Å². The van der Waals surface area contributed by atoms with E-state index in [-0.39, 0.29) is 24.3 Å². The molecule has 0 aliphatic rings. The molecule has 0 fully saturated rings. The van der Waals surface area contributed by atoms with Crippen molar-refractivity contribution in [2.24, 2.45) is 0 Å². The van der Waals surface area contributed by atoms with Crippen LogP contribution in [0.2, 0.25) is 0 Å². The van der Waals surface area contributed by atoms with Gasteiger partial charge >= 0.3 is 5.91 Å². The van der Waals surface area contributed by atoms with Crippen LogP contribution < -0.4 is 16.2 Å². The van der Waals surface area contributed by atoms with Crippen molar-refractivity contribution in [3.8, 4) is 0 Å². The lowest BCUT2D eigenvalue weighted by Crippen LogP contribution is -2.45. The Kier molecular flexibility index (Phi) is 5.83. The van der Waals surface area contributed by atoms with Gasteiger partial charge in [0.05, 0.1) is 18.8 Å². The smallest absolute Gasteiger partial charge is 0.305 e. The molecule has 0 unspecified atom stereocenters. The molecule has 2 amide bonds. The van der Waals surface area contributed by atoms with E-state index in [9.17, 15) is 9.59 Å². The van der Waals surface area contributed by atoms with Crippen molar-refractivity contribution in [2.75, 3.05) is 6.54 Å². The zero-order chi connectivity index (χ0) is 18.4. The predicted octanol–water partition coefficient (Wildman–Crippen LogP) is 2.79. The van der Waals surface area contributed by atoms with Crippen LogP contribution in [0.5, 0.6) is 0 Å². The number of furan rings is 1. The highest BCUT2D eigenvalue weighted by Gasteiger charge is 2.16. The second-order valence-corrected chi connectivity index (χ2v) is 6.70. The Labute approximate surface area is 155 Å². The van der Waals surface area contributed by atoms with Gasteiger partial charge in [-0.2, -0.15) is 0 Å². The number of hydrazine groups is 1. The van der Waals surface area contributed by atoms with Crippen LogP contribution in [-0.2, 0) is 4.79 Å². The molecular weight excluding hydrogens is 350 g/mol. The Balaban J connectivity index is 1.58. The lowest BCUT2D eigenvalue weighted by molar-refractivity contribution is -0.121. The number of rotatable bonds is 6. The second-order valence-electron chi connectivity index (χ2n) is 5.72. The maximum Gasteiger partial charge on any atom is 0.305 e. The van der Waals surface area contributed by atoms with Crippen LogP contribution in [0.3, 0.4) is 0 Å². The fraction of sp³-hybridized carbons (Fsp3) is 0.158. The first kappa shape index (κ1) is 17.9. The summed E-state index contributed by atoms with van der Waals surface area (Å²) in [5.41, 5.74) is 6.95. The van der Waals surface area contributed by atoms with Crippen LogP contribution in [0.4, 0.5) is 0 Å². The highest BCUT2D eigenvalue weighted by atomic mass is 32.1. The molecule has 1 aromatic carbocycles. The molecule has 3 rings (SSSR count). The molecule has 0 saturated carbocycles. The lowest BCUT2D eigenvalue weighted by Gasteiger charge is -2.18. The monoisotopic (exact) mass is 369 g/mol. The molecule has 2 heterocycles. The summed E-state index contributed by atoms with van der Waals surface area (Å²) >= 11 is 1.62. The molecule has 2 aromatic heterocycles. The normalized spacial score (nSPS) is 11.7. The minimum atomic E-state index is -0.503. The predicted molar refractivity (Wildman–Crippen MR) is 99.7 cm³/mol. The quantitative estimate of drug-likeness (QED) is 0.584. The molecule has 7 heteroatoms. The third-order valence-electron chi connectivity index (χ3n) is 3.77. The van der Waals surface area contributed by atoms with E-state index in [4.69, 9.17) is 4.42 Å². The van der Waals surface area contributed by atoms with Gasteiger partial charge in [0.1, 0.15) is 0 Å². The van der Waals surface area contributed by atoms with Crippen molar-refractivity contribution in [1.82, 2.24) is 16.2 Å². The van der Waals surface area contributed by atoms with E-state index < -0.39 is 5.91 Å². The van der Waals surface area contributed by atoms with E-state index >= 15 is 0 Å². The van der Waals surface area contributed by atoms with Crippen molar-refractivity contribution in [2.45, 2.75) is 13.0 Å². The minimum Gasteiger partial charge on any atom is -0.459 e. The third kappa shape index (κ3) is 4.59. The zero-order valence-corrected chi connectivity index (χ0v) is 15.0. The van der Waals surface area contributed by atoms with Gasteiger partial charge in [-0.25, -0.2) is 0 Å². The average Bonchev–Trinajstić information content (AvgIpc) is 3.35. The fourth-order valence-corrected chi connectivity index (χ4v) is 3.26. The van der Waals surface area contributed by atoms with Crippen molar-refractivity contribution < 1.29 is 14.0 Å². The van der Waals surface area contributed by atoms with E-state index in [1.807, 2.05) is 48.7 Å². The van der Waals surface area contributed by atoms with Crippen molar-refractivity contribution in [1.29, 1.82) is 0 Å². The maximum atomic E-state index is 12.1. The number of amides is 2. The molecular formula is C19H19N3O3S. The summed E-state index contributed by atoms with van der Waals surface area (Å²) in [5.74, 6) is -0.718. The Morgan fingerprint density at radius 3 is 2.54 bits per heavy atom. The van der Waals surface area contributed by atoms with Crippen LogP contribution in [0.1, 0.15) is 32.6 Å². The van der Waals surface area contributed by atoms with Crippen LogP contribution >= 0.6 is 11.3 Å². The number of nitrogens with one attached hydrogen (secondary N) is 3. The van der Waals surface area contributed by atoms with Gasteiger partial charge in [-0.15, -0.1) is 11.3 Å². The number of benzene rings is 1. The Morgan fingerprint density at radius 1 is 1.08 bits per heavy atom. The molecule has 1 atom stereocenters. The van der Waals surface area contributed by atoms with Crippen molar-refractivity contribution >= 4 is 23.2 Å². The number of hydrogen-bond donors (Lipinski definition) is 3. The van der Waals surface area contributed by atoms with E-state index in [1.165, 1.54) is 17.9 Å². The standard InChI is InChI=1S/C19H19N3O3S/c1-13-6-8-14(9-7-13)18(16-5-3-11-26-16)20-12-17(23)21-22-19(24)15-4-2-10-25-15/h2-11,18,20H,12H2,1H3,(H,21,23)(H,22,24)/t18-/m0/s1. The number of carbonyl (C=O) groups excluding carboxylic acids is 2. The van der Waals surface area contributed by atoms with E-state index in [1.54, 1.807) is 17.4 Å². The van der Waals surface area contributed by atoms with Gasteiger partial charge in [-0.3, -0.25) is 25.8 Å². The summed E-state index contributed by atoms with van der Waals surface area (Å²) in [6.07, 6.45) is 1.39. The number of hydrogen-bond acceptors (Lipinski definition) is 5. The molecule has 6 nitrogen and oxygen atoms in total. The van der Waals surface area contributed by atoms with Crippen LogP contribution in [0.15, 0.2) is 64.6 Å². The molecule has 134 valence electrons. The highest BCUT2D eigenvalue weighted by molar-refractivity contribution is 7.10. The molecule has 0 saturated heterocycles. The first-order valence-electron chi connectivity index (χ1n) is 8.09. The highest BCUT2D eigenvalue weighted by Crippen LogP contribution is 2.26. The van der Waals surface area contributed by atoms with E-state index in [0.717, 1.165) is 10.4 Å². The summed E-state index contributed by atoms with van der Waals surface area (Å²) in [4.78, 5) is 24.9. The van der Waals surface area contributed by atoms with Gasteiger partial charge in [0.2, 0.25) is 0 Å². The Morgan fingerprint density at radius 2 is 1.88 bits per heavy atom. The number of aryl methyl sites for hydroxylation is 1. The number of thiophene rings is 1. The molecule has 0 radical (unpaired) electrons. The third-order valence-corrected chi connectivity index (χ3v) is 4.70. The van der Waals surface area contributed by atoms with Crippen LogP contribution in [-0.4, -0.2) is 18.4 Å². The van der Waals surface area contributed by atoms with Gasteiger partial charge in [-0.05, 0) is 36.1 Å². The largest absolute Gasteiger partial charge is 0.459 e. The molecule has 26 heavy (non-hydrogen) atoms. The van der Waals surface area contributed by atoms with E-state index in [0.29, 0.717) is 0 Å². The van der Waals surface area contributed by atoms with E-state index in [2.05, 4.69) is 16.2 Å². The van der Waals surface area contributed by atoms with Crippen molar-refractivity contribution in [3.05, 3.63) is 81.9 Å². The fourth-order valence-electron chi connectivity index (χ4n) is 2.43.